The minimum absolute atomic E-state index is 0.00350. The van der Waals surface area contributed by atoms with E-state index in [1.807, 2.05) is 24.3 Å². The van der Waals surface area contributed by atoms with Crippen LogP contribution in [0.4, 0.5) is 0 Å². The van der Waals surface area contributed by atoms with Crippen molar-refractivity contribution >= 4 is 11.6 Å². The van der Waals surface area contributed by atoms with E-state index in [-0.39, 0.29) is 18.0 Å². The lowest BCUT2D eigenvalue weighted by Gasteiger charge is -2.05. The van der Waals surface area contributed by atoms with Gasteiger partial charge in [-0.15, -0.1) is 0 Å². The van der Waals surface area contributed by atoms with Gasteiger partial charge in [0.15, 0.2) is 5.78 Å². The molecule has 16 heavy (non-hydrogen) atoms. The molecule has 0 heterocycles. The second kappa shape index (κ2) is 5.59. The predicted octanol–water partition coefficient (Wildman–Crippen LogP) is 3.05. The Hall–Kier alpha value is -1.44. The van der Waals surface area contributed by atoms with E-state index in [0.717, 1.165) is 6.42 Å². The average Bonchev–Trinajstić information content (AvgIpc) is 2.16. The van der Waals surface area contributed by atoms with Gasteiger partial charge in [-0.05, 0) is 24.8 Å². The molecule has 0 radical (unpaired) electrons. The third-order valence-corrected chi connectivity index (χ3v) is 2.33. The summed E-state index contributed by atoms with van der Waals surface area (Å²) in [5.74, 6) is 0.429. The van der Waals surface area contributed by atoms with Crippen molar-refractivity contribution in [2.45, 2.75) is 33.6 Å². The highest BCUT2D eigenvalue weighted by Gasteiger charge is 2.08. The summed E-state index contributed by atoms with van der Waals surface area (Å²) in [7, 11) is 0. The second-order valence-electron chi connectivity index (χ2n) is 4.60. The first-order valence-corrected chi connectivity index (χ1v) is 5.60. The summed E-state index contributed by atoms with van der Waals surface area (Å²) in [5.41, 5.74) is 1.86. The zero-order valence-corrected chi connectivity index (χ0v) is 10.1. The van der Waals surface area contributed by atoms with Crippen molar-refractivity contribution < 1.29 is 9.59 Å². The fraction of sp³-hybridized carbons (Fsp3) is 0.429. The molecule has 0 aromatic heterocycles. The Balaban J connectivity index is 2.71. The molecule has 0 aliphatic carbocycles. The fourth-order valence-corrected chi connectivity index (χ4v) is 1.63. The van der Waals surface area contributed by atoms with Crippen LogP contribution < -0.4 is 0 Å². The maximum Gasteiger partial charge on any atom is 0.170 e. The summed E-state index contributed by atoms with van der Waals surface area (Å²) >= 11 is 0. The molecule has 0 saturated heterocycles. The molecular weight excluding hydrogens is 200 g/mol. The fourth-order valence-electron chi connectivity index (χ4n) is 1.63. The summed E-state index contributed by atoms with van der Waals surface area (Å²) in [5, 5.41) is 0. The summed E-state index contributed by atoms with van der Waals surface area (Å²) in [6.45, 7) is 5.76. The Morgan fingerprint density at radius 1 is 1.12 bits per heavy atom. The van der Waals surface area contributed by atoms with Gasteiger partial charge in [-0.3, -0.25) is 9.59 Å². The quantitative estimate of drug-likeness (QED) is 0.562. The lowest BCUT2D eigenvalue weighted by molar-refractivity contribution is -0.116. The van der Waals surface area contributed by atoms with E-state index in [1.165, 1.54) is 12.5 Å². The van der Waals surface area contributed by atoms with E-state index >= 15 is 0 Å². The highest BCUT2D eigenvalue weighted by molar-refractivity contribution is 6.07. The van der Waals surface area contributed by atoms with Gasteiger partial charge in [0.1, 0.15) is 5.78 Å². The van der Waals surface area contributed by atoms with Crippen LogP contribution >= 0.6 is 0 Å². The van der Waals surface area contributed by atoms with Gasteiger partial charge >= 0.3 is 0 Å². The largest absolute Gasteiger partial charge is 0.300 e. The van der Waals surface area contributed by atoms with E-state index in [0.29, 0.717) is 11.5 Å². The molecule has 0 bridgehead atoms. The average molecular weight is 218 g/mol. The molecule has 0 unspecified atom stereocenters. The Bertz CT molecular complexity index is 374. The van der Waals surface area contributed by atoms with Gasteiger partial charge < -0.3 is 0 Å². The number of benzene rings is 1. The number of hydrogen-bond donors (Lipinski definition) is 0. The number of rotatable bonds is 5. The zero-order chi connectivity index (χ0) is 12.1. The minimum atomic E-state index is -0.0939. The van der Waals surface area contributed by atoms with Gasteiger partial charge in [-0.1, -0.05) is 38.1 Å². The van der Waals surface area contributed by atoms with Crippen LogP contribution in [0.5, 0.6) is 0 Å². The summed E-state index contributed by atoms with van der Waals surface area (Å²) in [4.78, 5) is 22.4. The van der Waals surface area contributed by atoms with Crippen molar-refractivity contribution in [1.29, 1.82) is 0 Å². The summed E-state index contributed by atoms with van der Waals surface area (Å²) < 4.78 is 0. The Morgan fingerprint density at radius 3 is 2.12 bits per heavy atom. The van der Waals surface area contributed by atoms with Crippen LogP contribution in [-0.4, -0.2) is 11.6 Å². The SMILES string of the molecule is CC(=O)CC(=O)c1ccc(CC(C)C)cc1. The van der Waals surface area contributed by atoms with Crippen LogP contribution in [0.1, 0.15) is 43.1 Å². The summed E-state index contributed by atoms with van der Waals surface area (Å²) in [6, 6.07) is 7.55. The molecule has 0 atom stereocenters. The van der Waals surface area contributed by atoms with Gasteiger partial charge in [0.2, 0.25) is 0 Å². The molecule has 2 nitrogen and oxygen atoms in total. The maximum absolute atomic E-state index is 11.6. The number of carbonyl (C=O) groups excluding carboxylic acids is 2. The van der Waals surface area contributed by atoms with Crippen LogP contribution in [0, 0.1) is 5.92 Å². The normalized spacial score (nSPS) is 10.5. The van der Waals surface area contributed by atoms with Crippen LogP contribution in [0.25, 0.3) is 0 Å². The number of Topliss-reactive ketones (excluding diaryl/α,β-unsaturated/α-hetero) is 2. The van der Waals surface area contributed by atoms with Crippen LogP contribution in [0.15, 0.2) is 24.3 Å². The van der Waals surface area contributed by atoms with Gasteiger partial charge in [-0.25, -0.2) is 0 Å². The molecule has 0 N–H and O–H groups in total. The van der Waals surface area contributed by atoms with Crippen molar-refractivity contribution in [2.24, 2.45) is 5.92 Å². The third-order valence-electron chi connectivity index (χ3n) is 2.33. The molecule has 1 rings (SSSR count). The van der Waals surface area contributed by atoms with Crippen LogP contribution in [-0.2, 0) is 11.2 Å². The zero-order valence-electron chi connectivity index (χ0n) is 10.1. The van der Waals surface area contributed by atoms with Crippen LogP contribution in [0.2, 0.25) is 0 Å². The van der Waals surface area contributed by atoms with Gasteiger partial charge in [0.25, 0.3) is 0 Å². The predicted molar refractivity (Wildman–Crippen MR) is 64.6 cm³/mol. The first kappa shape index (κ1) is 12.6. The molecule has 86 valence electrons. The molecule has 0 aliphatic rings. The molecule has 0 fully saturated rings. The molecule has 2 heteroatoms. The highest BCUT2D eigenvalue weighted by atomic mass is 16.1. The topological polar surface area (TPSA) is 34.1 Å². The molecule has 1 aromatic rings. The van der Waals surface area contributed by atoms with E-state index in [4.69, 9.17) is 0 Å². The lowest BCUT2D eigenvalue weighted by Crippen LogP contribution is -2.05. The Kier molecular flexibility index (Phi) is 4.41. The number of carbonyl (C=O) groups is 2. The minimum Gasteiger partial charge on any atom is -0.300 e. The first-order chi connectivity index (χ1) is 7.49. The Morgan fingerprint density at radius 2 is 1.69 bits per heavy atom. The maximum atomic E-state index is 11.6. The monoisotopic (exact) mass is 218 g/mol. The molecule has 0 aliphatic heterocycles. The smallest absolute Gasteiger partial charge is 0.170 e. The van der Waals surface area contributed by atoms with E-state index in [9.17, 15) is 9.59 Å². The van der Waals surface area contributed by atoms with Gasteiger partial charge in [0, 0.05) is 5.56 Å². The molecule has 1 aromatic carbocycles. The number of hydrogen-bond acceptors (Lipinski definition) is 2. The molecular formula is C14H18O2. The van der Waals surface area contributed by atoms with Crippen molar-refractivity contribution in [3.63, 3.8) is 0 Å². The van der Waals surface area contributed by atoms with E-state index in [1.54, 1.807) is 0 Å². The van der Waals surface area contributed by atoms with Gasteiger partial charge in [-0.2, -0.15) is 0 Å². The Labute approximate surface area is 96.7 Å². The van der Waals surface area contributed by atoms with Crippen molar-refractivity contribution in [2.75, 3.05) is 0 Å². The van der Waals surface area contributed by atoms with Crippen molar-refractivity contribution in [1.82, 2.24) is 0 Å². The standard InChI is InChI=1S/C14H18O2/c1-10(2)8-12-4-6-13(7-5-12)14(16)9-11(3)15/h4-7,10H,8-9H2,1-3H3. The first-order valence-electron chi connectivity index (χ1n) is 5.60. The highest BCUT2D eigenvalue weighted by Crippen LogP contribution is 2.11. The van der Waals surface area contributed by atoms with Gasteiger partial charge in [0.05, 0.1) is 6.42 Å². The third kappa shape index (κ3) is 3.97. The summed E-state index contributed by atoms with van der Waals surface area (Å²) in [6.07, 6.45) is 1.02. The van der Waals surface area contributed by atoms with Crippen molar-refractivity contribution in [3.8, 4) is 0 Å². The van der Waals surface area contributed by atoms with Crippen LogP contribution in [0.3, 0.4) is 0 Å². The van der Waals surface area contributed by atoms with E-state index < -0.39 is 0 Å². The number of ketones is 2. The van der Waals surface area contributed by atoms with E-state index in [2.05, 4.69) is 13.8 Å². The molecule has 0 saturated carbocycles. The second-order valence-corrected chi connectivity index (χ2v) is 4.60. The lowest BCUT2D eigenvalue weighted by atomic mass is 9.99. The molecule has 0 amide bonds. The van der Waals surface area contributed by atoms with Crippen molar-refractivity contribution in [3.05, 3.63) is 35.4 Å². The molecule has 0 spiro atoms.